The summed E-state index contributed by atoms with van der Waals surface area (Å²) >= 11 is 0. The highest BCUT2D eigenvalue weighted by atomic mass is 16.6. The molecular weight excluding hydrogens is 861 g/mol. The van der Waals surface area contributed by atoms with E-state index in [4.69, 9.17) is 9.47 Å². The smallest absolute Gasteiger partial charge is 0.306 e. The summed E-state index contributed by atoms with van der Waals surface area (Å²) in [6.07, 6.45) is 85.4. The number of ether oxygens (including phenoxy) is 2. The molecule has 0 rings (SSSR count). The molecule has 5 nitrogen and oxygen atoms in total. The average molecular weight is 974 g/mol. The highest BCUT2D eigenvalue weighted by Gasteiger charge is 2.16. The van der Waals surface area contributed by atoms with Gasteiger partial charge in [0.1, 0.15) is 6.61 Å². The predicted molar refractivity (Wildman–Crippen MR) is 306 cm³/mol. The summed E-state index contributed by atoms with van der Waals surface area (Å²) in [6.45, 7) is 4.01. The minimum absolute atomic E-state index is 0.0736. The average Bonchev–Trinajstić information content (AvgIpc) is 3.36. The third kappa shape index (κ3) is 57.4. The van der Waals surface area contributed by atoms with Gasteiger partial charge in [-0.15, -0.1) is 0 Å². The maximum Gasteiger partial charge on any atom is 0.306 e. The van der Waals surface area contributed by atoms with E-state index in [1.54, 1.807) is 0 Å². The van der Waals surface area contributed by atoms with E-state index in [1.807, 2.05) is 0 Å². The molecular formula is C65H112O5. The Morgan fingerprint density at radius 1 is 0.343 bits per heavy atom. The number of rotatable bonds is 54. The third-order valence-corrected chi connectivity index (χ3v) is 12.9. The Bertz CT molecular complexity index is 1330. The molecule has 0 aromatic heterocycles. The number of aliphatic hydroxyl groups excluding tert-OH is 1. The number of hydrogen-bond donors (Lipinski definition) is 1. The second-order valence-corrected chi connectivity index (χ2v) is 19.7. The minimum Gasteiger partial charge on any atom is -0.462 e. The fraction of sp³-hybridized carbons (Fsp3) is 0.723. The predicted octanol–water partition coefficient (Wildman–Crippen LogP) is 20.3. The summed E-state index contributed by atoms with van der Waals surface area (Å²) in [4.78, 5) is 24.5. The summed E-state index contributed by atoms with van der Waals surface area (Å²) < 4.78 is 10.7. The number of unbranched alkanes of at least 4 members (excludes halogenated alkanes) is 30. The summed E-state index contributed by atoms with van der Waals surface area (Å²) in [5.74, 6) is -0.598. The van der Waals surface area contributed by atoms with Crippen molar-refractivity contribution in [2.75, 3.05) is 13.2 Å². The molecule has 0 bridgehead atoms. The van der Waals surface area contributed by atoms with Crippen molar-refractivity contribution in [2.24, 2.45) is 0 Å². The molecule has 0 aliphatic heterocycles. The first kappa shape index (κ1) is 66.8. The van der Waals surface area contributed by atoms with Crippen LogP contribution in [0.4, 0.5) is 0 Å². The molecule has 1 atom stereocenters. The number of allylic oxidation sites excluding steroid dienone is 16. The largest absolute Gasteiger partial charge is 0.462 e. The van der Waals surface area contributed by atoms with E-state index in [2.05, 4.69) is 111 Å². The van der Waals surface area contributed by atoms with Gasteiger partial charge in [0.05, 0.1) is 6.61 Å². The van der Waals surface area contributed by atoms with Gasteiger partial charge in [-0.2, -0.15) is 0 Å². The van der Waals surface area contributed by atoms with E-state index in [-0.39, 0.29) is 25.2 Å². The lowest BCUT2D eigenvalue weighted by atomic mass is 10.0. The van der Waals surface area contributed by atoms with E-state index in [1.165, 1.54) is 167 Å². The Morgan fingerprint density at radius 2 is 0.614 bits per heavy atom. The van der Waals surface area contributed by atoms with Gasteiger partial charge >= 0.3 is 11.9 Å². The topological polar surface area (TPSA) is 72.8 Å². The van der Waals surface area contributed by atoms with Gasteiger partial charge in [-0.1, -0.05) is 272 Å². The SMILES string of the molecule is CC/C=C\C/C=C\C/C=C\C/C=C\C/C=C\CCCCCCCCCCCCCCCCCCCCCCCC(=O)OC(CO)COC(=O)CCCCCCCC/C=C\C/C=C\C/C=C\CCCCC. The third-order valence-electron chi connectivity index (χ3n) is 12.9. The number of esters is 2. The molecule has 0 spiro atoms. The highest BCUT2D eigenvalue weighted by Crippen LogP contribution is 2.17. The van der Waals surface area contributed by atoms with Crippen molar-refractivity contribution in [3.05, 3.63) is 97.2 Å². The van der Waals surface area contributed by atoms with Gasteiger partial charge in [0.15, 0.2) is 6.10 Å². The van der Waals surface area contributed by atoms with E-state index in [0.29, 0.717) is 12.8 Å². The molecule has 0 heterocycles. The van der Waals surface area contributed by atoms with Crippen LogP contribution in [0.1, 0.15) is 284 Å². The summed E-state index contributed by atoms with van der Waals surface area (Å²) in [5.41, 5.74) is 0. The second kappa shape index (κ2) is 60.1. The molecule has 0 aliphatic carbocycles. The maximum absolute atomic E-state index is 12.3. The van der Waals surface area contributed by atoms with Crippen molar-refractivity contribution in [1.82, 2.24) is 0 Å². The molecule has 0 aliphatic rings. The molecule has 0 fully saturated rings. The van der Waals surface area contributed by atoms with Gasteiger partial charge < -0.3 is 14.6 Å². The van der Waals surface area contributed by atoms with Crippen LogP contribution in [0.25, 0.3) is 0 Å². The van der Waals surface area contributed by atoms with Crippen molar-refractivity contribution < 1.29 is 24.2 Å². The summed E-state index contributed by atoms with van der Waals surface area (Å²) in [5, 5.41) is 9.65. The number of carbonyl (C=O) groups is 2. The molecule has 5 heteroatoms. The fourth-order valence-electron chi connectivity index (χ4n) is 8.41. The van der Waals surface area contributed by atoms with Gasteiger partial charge in [0.25, 0.3) is 0 Å². The van der Waals surface area contributed by atoms with Crippen LogP contribution >= 0.6 is 0 Å². The lowest BCUT2D eigenvalue weighted by Crippen LogP contribution is -2.28. The zero-order chi connectivity index (χ0) is 50.6. The molecule has 1 N–H and O–H groups in total. The number of carbonyl (C=O) groups excluding carboxylic acids is 2. The Hall–Kier alpha value is -3.18. The molecule has 0 saturated carbocycles. The van der Waals surface area contributed by atoms with Gasteiger partial charge in [-0.25, -0.2) is 0 Å². The fourth-order valence-corrected chi connectivity index (χ4v) is 8.41. The van der Waals surface area contributed by atoms with Gasteiger partial charge in [-0.05, 0) is 96.3 Å². The Kier molecular flexibility index (Phi) is 57.4. The Morgan fingerprint density at radius 3 is 0.929 bits per heavy atom. The molecule has 0 radical (unpaired) electrons. The Balaban J connectivity index is 3.46. The van der Waals surface area contributed by atoms with E-state index >= 15 is 0 Å². The number of hydrogen-bond acceptors (Lipinski definition) is 5. The Labute approximate surface area is 434 Å². The quantitative estimate of drug-likeness (QED) is 0.0373. The first-order valence-corrected chi connectivity index (χ1v) is 29.8. The molecule has 0 aromatic carbocycles. The van der Waals surface area contributed by atoms with Crippen LogP contribution in [0, 0.1) is 0 Å². The van der Waals surface area contributed by atoms with Gasteiger partial charge in [0, 0.05) is 12.8 Å². The molecule has 0 amide bonds. The van der Waals surface area contributed by atoms with Crippen LogP contribution < -0.4 is 0 Å². The number of aliphatic hydroxyl groups is 1. The molecule has 70 heavy (non-hydrogen) atoms. The molecule has 402 valence electrons. The van der Waals surface area contributed by atoms with E-state index < -0.39 is 6.10 Å². The standard InChI is InChI=1S/C65H112O5/c1-3-5-7-9-11-13-15-17-19-21-23-24-25-26-27-28-29-30-31-32-33-34-35-36-37-38-39-40-42-44-46-48-50-52-54-56-58-60-65(68)70-63(61-66)62-69-64(67)59-57-55-53-51-49-47-45-43-41-22-20-18-16-14-12-10-8-6-4-2/h5,7,11-14,17-20,23-24,26-27,41,43,63,66H,3-4,6,8-10,15-16,21-22,25,28-40,42,44-62H2,1-2H3/b7-5-,13-11-,14-12-,19-17-,20-18-,24-23-,27-26-,43-41-. The van der Waals surface area contributed by atoms with Gasteiger partial charge in [0.2, 0.25) is 0 Å². The van der Waals surface area contributed by atoms with Crippen molar-refractivity contribution >= 4 is 11.9 Å². The van der Waals surface area contributed by atoms with Crippen molar-refractivity contribution in [2.45, 2.75) is 290 Å². The van der Waals surface area contributed by atoms with Crippen LogP contribution in [0.15, 0.2) is 97.2 Å². The van der Waals surface area contributed by atoms with E-state index in [0.717, 1.165) is 89.9 Å². The lowest BCUT2D eigenvalue weighted by Gasteiger charge is -2.15. The minimum atomic E-state index is -0.781. The maximum atomic E-state index is 12.3. The molecule has 1 unspecified atom stereocenters. The first-order valence-electron chi connectivity index (χ1n) is 29.8. The van der Waals surface area contributed by atoms with Crippen molar-refractivity contribution in [3.8, 4) is 0 Å². The van der Waals surface area contributed by atoms with Crippen LogP contribution in [-0.2, 0) is 19.1 Å². The van der Waals surface area contributed by atoms with Crippen LogP contribution in [0.5, 0.6) is 0 Å². The lowest BCUT2D eigenvalue weighted by molar-refractivity contribution is -0.161. The summed E-state index contributed by atoms with van der Waals surface area (Å²) in [6, 6.07) is 0. The highest BCUT2D eigenvalue weighted by molar-refractivity contribution is 5.70. The monoisotopic (exact) mass is 973 g/mol. The summed E-state index contributed by atoms with van der Waals surface area (Å²) in [7, 11) is 0. The van der Waals surface area contributed by atoms with E-state index in [9.17, 15) is 14.7 Å². The molecule has 0 saturated heterocycles. The van der Waals surface area contributed by atoms with Crippen molar-refractivity contribution in [1.29, 1.82) is 0 Å². The molecule has 0 aromatic rings. The van der Waals surface area contributed by atoms with Crippen LogP contribution in [0.2, 0.25) is 0 Å². The van der Waals surface area contributed by atoms with Crippen molar-refractivity contribution in [3.63, 3.8) is 0 Å². The zero-order valence-corrected chi connectivity index (χ0v) is 46.0. The van der Waals surface area contributed by atoms with Gasteiger partial charge in [-0.3, -0.25) is 9.59 Å². The van der Waals surface area contributed by atoms with Crippen LogP contribution in [0.3, 0.4) is 0 Å². The first-order chi connectivity index (χ1) is 34.6. The second-order valence-electron chi connectivity index (χ2n) is 19.7. The normalized spacial score (nSPS) is 12.9. The van der Waals surface area contributed by atoms with Crippen LogP contribution in [-0.4, -0.2) is 36.4 Å². The zero-order valence-electron chi connectivity index (χ0n) is 46.0.